The molecule has 0 aliphatic heterocycles. The summed E-state index contributed by atoms with van der Waals surface area (Å²) < 4.78 is 71.6. The van der Waals surface area contributed by atoms with E-state index in [0.717, 1.165) is 40.6 Å². The van der Waals surface area contributed by atoms with Gasteiger partial charge < -0.3 is 19.8 Å². The van der Waals surface area contributed by atoms with Gasteiger partial charge in [0.1, 0.15) is 29.3 Å². The maximum atomic E-state index is 13.0. The summed E-state index contributed by atoms with van der Waals surface area (Å²) in [6.45, 7) is 1.91. The van der Waals surface area contributed by atoms with Crippen molar-refractivity contribution in [2.45, 2.75) is 13.1 Å². The van der Waals surface area contributed by atoms with Crippen molar-refractivity contribution < 1.29 is 41.1 Å². The van der Waals surface area contributed by atoms with E-state index in [1.807, 2.05) is 17.6 Å². The molecular weight excluding hydrogens is 655 g/mol. The highest BCUT2D eigenvalue weighted by molar-refractivity contribution is 5.71. The van der Waals surface area contributed by atoms with Crippen molar-refractivity contribution in [2.75, 3.05) is 5.73 Å². The van der Waals surface area contributed by atoms with Crippen LogP contribution in [-0.2, 0) is 15.8 Å². The second-order valence-corrected chi connectivity index (χ2v) is 9.48. The van der Waals surface area contributed by atoms with Crippen LogP contribution in [0.3, 0.4) is 0 Å². The molecule has 250 valence electrons. The summed E-state index contributed by atoms with van der Waals surface area (Å²) in [6, 6.07) is 17.6. The zero-order chi connectivity index (χ0) is 35.6. The summed E-state index contributed by atoms with van der Waals surface area (Å²) in [4.78, 5) is 36.2. The van der Waals surface area contributed by atoms with Gasteiger partial charge in [-0.25, -0.2) is 28.7 Å². The molecular formula is C32H23F5N8O4. The summed E-state index contributed by atoms with van der Waals surface area (Å²) in [7, 11) is 0. The van der Waals surface area contributed by atoms with Crippen molar-refractivity contribution in [3.63, 3.8) is 0 Å². The molecule has 0 saturated carbocycles. The van der Waals surface area contributed by atoms with E-state index in [0.29, 0.717) is 22.8 Å². The molecule has 2 aromatic carbocycles. The van der Waals surface area contributed by atoms with Crippen LogP contribution in [0.5, 0.6) is 5.75 Å². The number of anilines is 1. The van der Waals surface area contributed by atoms with E-state index >= 15 is 0 Å². The Morgan fingerprint density at radius 2 is 1.39 bits per heavy atom. The number of hydrogen-bond acceptors (Lipinski definition) is 10. The van der Waals surface area contributed by atoms with Gasteiger partial charge in [0.15, 0.2) is 22.8 Å². The number of alkyl halides is 3. The van der Waals surface area contributed by atoms with Gasteiger partial charge in [0.25, 0.3) is 0 Å². The van der Waals surface area contributed by atoms with Crippen molar-refractivity contribution in [3.05, 3.63) is 127 Å². The number of halogens is 5. The predicted octanol–water partition coefficient (Wildman–Crippen LogP) is 6.34. The van der Waals surface area contributed by atoms with Gasteiger partial charge >= 0.3 is 12.3 Å². The van der Waals surface area contributed by atoms with Gasteiger partial charge in [0.05, 0.1) is 18.2 Å². The molecule has 17 heteroatoms. The summed E-state index contributed by atoms with van der Waals surface area (Å²) in [5.74, 6) is -0.142. The first-order chi connectivity index (χ1) is 23.4. The topological polar surface area (TPSA) is 168 Å². The zero-order valence-corrected chi connectivity index (χ0v) is 25.1. The van der Waals surface area contributed by atoms with Crippen LogP contribution in [0, 0.1) is 18.6 Å². The highest BCUT2D eigenvalue weighted by Gasteiger charge is 2.35. The van der Waals surface area contributed by atoms with Crippen molar-refractivity contribution in [1.82, 2.24) is 34.1 Å². The van der Waals surface area contributed by atoms with E-state index in [4.69, 9.17) is 24.8 Å². The molecule has 49 heavy (non-hydrogen) atoms. The second kappa shape index (κ2) is 15.7. The Hall–Kier alpha value is -6.74. The smallest absolute Gasteiger partial charge is 0.433 e. The number of oxazole rings is 1. The Bertz CT molecular complexity index is 2100. The monoisotopic (exact) mass is 678 g/mol. The number of aromatic hydroxyl groups is 1. The fourth-order valence-electron chi connectivity index (χ4n) is 4.07. The van der Waals surface area contributed by atoms with Crippen molar-refractivity contribution in [1.29, 1.82) is 0 Å². The number of nitrogen functional groups attached to an aromatic ring is 1. The number of hydrogen-bond donors (Lipinski definition) is 2. The minimum absolute atomic E-state index is 0.0347. The lowest BCUT2D eigenvalue weighted by Gasteiger charge is -2.10. The minimum Gasteiger partial charge on any atom is -0.504 e. The molecule has 0 bridgehead atoms. The van der Waals surface area contributed by atoms with Crippen LogP contribution < -0.4 is 5.73 Å². The normalized spacial score (nSPS) is 10.5. The Labute approximate surface area is 273 Å². The number of nitrogens with zero attached hydrogens (tertiary/aromatic N) is 7. The molecule has 0 spiro atoms. The number of benzene rings is 2. The third-order valence-corrected chi connectivity index (χ3v) is 6.33. The lowest BCUT2D eigenvalue weighted by atomic mass is 10.3. The van der Waals surface area contributed by atoms with Crippen LogP contribution in [0.1, 0.15) is 11.4 Å². The van der Waals surface area contributed by atoms with Crippen LogP contribution >= 0.6 is 0 Å². The lowest BCUT2D eigenvalue weighted by molar-refractivity contribution is -0.191. The molecule has 0 unspecified atom stereocenters. The van der Waals surface area contributed by atoms with Crippen molar-refractivity contribution in [3.8, 4) is 28.7 Å². The summed E-state index contributed by atoms with van der Waals surface area (Å²) in [5.41, 5.74) is 7.98. The molecule has 0 aliphatic rings. The summed E-state index contributed by atoms with van der Waals surface area (Å²) in [6.07, 6.45) is 2.39. The highest BCUT2D eigenvalue weighted by atomic mass is 19.4. The van der Waals surface area contributed by atoms with Gasteiger partial charge in [-0.2, -0.15) is 27.7 Å². The molecule has 5 heterocycles. The first kappa shape index (κ1) is 35.1. The van der Waals surface area contributed by atoms with Gasteiger partial charge in [0, 0.05) is 23.8 Å². The standard InChI is InChI=1S/C16H11FN4O.C10H6F4N2.C5H6N2O.CO2/c1-10-14(16-20-15-13(22-16)3-2-8-18-15)19-9-21(10)12-6-4-11(17)5-7-12;11-7-1-3-8(4-2-7)16-6-15-5-9(16)10(12,13)14;6-5-4(8)2-1-3-7-5;2-1-3/h2-9H,1H3;1-6H;1-3,8H,(H2,6,7);. The molecule has 7 rings (SSSR count). The van der Waals surface area contributed by atoms with Crippen LogP contribution in [0.2, 0.25) is 0 Å². The number of carbonyl (C=O) groups excluding carboxylic acids is 2. The minimum atomic E-state index is -4.48. The molecule has 0 radical (unpaired) electrons. The zero-order valence-electron chi connectivity index (χ0n) is 25.1. The highest BCUT2D eigenvalue weighted by Crippen LogP contribution is 2.30. The van der Waals surface area contributed by atoms with Crippen LogP contribution in [0.15, 0.2) is 108 Å². The lowest BCUT2D eigenvalue weighted by Crippen LogP contribution is -2.11. The van der Waals surface area contributed by atoms with Gasteiger partial charge in [-0.05, 0) is 79.7 Å². The molecule has 0 saturated heterocycles. The van der Waals surface area contributed by atoms with Crippen molar-refractivity contribution >= 4 is 23.2 Å². The van der Waals surface area contributed by atoms with E-state index in [9.17, 15) is 22.0 Å². The van der Waals surface area contributed by atoms with Gasteiger partial charge in [-0.3, -0.25) is 4.57 Å². The molecule has 0 fully saturated rings. The van der Waals surface area contributed by atoms with Crippen LogP contribution in [0.4, 0.5) is 27.8 Å². The number of aromatic nitrogens is 7. The quantitative estimate of drug-likeness (QED) is 0.201. The Kier molecular flexibility index (Phi) is 11.3. The fourth-order valence-corrected chi connectivity index (χ4v) is 4.07. The second-order valence-electron chi connectivity index (χ2n) is 9.48. The molecule has 5 aromatic heterocycles. The number of fused-ring (bicyclic) bond motifs is 1. The average Bonchev–Trinajstić information content (AvgIpc) is 3.83. The molecule has 0 atom stereocenters. The third-order valence-electron chi connectivity index (χ3n) is 6.33. The number of pyridine rings is 2. The molecule has 7 aromatic rings. The molecule has 0 amide bonds. The van der Waals surface area contributed by atoms with E-state index in [1.54, 1.807) is 36.8 Å². The van der Waals surface area contributed by atoms with E-state index < -0.39 is 17.7 Å². The molecule has 0 aliphatic carbocycles. The first-order valence-corrected chi connectivity index (χ1v) is 13.7. The Morgan fingerprint density at radius 3 is 1.92 bits per heavy atom. The summed E-state index contributed by atoms with van der Waals surface area (Å²) in [5, 5.41) is 8.73. The van der Waals surface area contributed by atoms with Gasteiger partial charge in [-0.15, -0.1) is 0 Å². The molecule has 3 N–H and O–H groups in total. The largest absolute Gasteiger partial charge is 0.504 e. The predicted molar refractivity (Wildman–Crippen MR) is 163 cm³/mol. The number of rotatable bonds is 3. The SMILES string of the molecule is Cc1c(-c2nc3ncccc3o2)ncn1-c1ccc(F)cc1.Fc1ccc(-n2cncc2C(F)(F)F)cc1.Nc1ncccc1O.O=C=O. The average molecular weight is 679 g/mol. The Balaban J connectivity index is 0.000000175. The third kappa shape index (κ3) is 8.96. The maximum absolute atomic E-state index is 13.0. The van der Waals surface area contributed by atoms with E-state index in [1.165, 1.54) is 36.5 Å². The van der Waals surface area contributed by atoms with Gasteiger partial charge in [-0.1, -0.05) is 0 Å². The Morgan fingerprint density at radius 1 is 0.816 bits per heavy atom. The maximum Gasteiger partial charge on any atom is 0.433 e. The van der Waals surface area contributed by atoms with E-state index in [2.05, 4.69) is 24.9 Å². The fraction of sp³-hybridized carbons (Fsp3) is 0.0625. The van der Waals surface area contributed by atoms with Gasteiger partial charge in [0.2, 0.25) is 5.89 Å². The van der Waals surface area contributed by atoms with E-state index in [-0.39, 0.29) is 29.2 Å². The van der Waals surface area contributed by atoms with Crippen LogP contribution in [-0.4, -0.2) is 45.3 Å². The van der Waals surface area contributed by atoms with Crippen molar-refractivity contribution in [2.24, 2.45) is 0 Å². The molecule has 12 nitrogen and oxygen atoms in total. The first-order valence-electron chi connectivity index (χ1n) is 13.7. The number of nitrogens with two attached hydrogens (primary N) is 1. The number of imidazole rings is 2. The van der Waals surface area contributed by atoms with Crippen LogP contribution in [0.25, 0.3) is 34.2 Å². The summed E-state index contributed by atoms with van der Waals surface area (Å²) >= 11 is 0.